The number of amides is 1. The molecule has 2 aromatic carbocycles. The van der Waals surface area contributed by atoms with Crippen molar-refractivity contribution in [1.29, 1.82) is 0 Å². The normalized spacial score (nSPS) is 11.6. The fourth-order valence-corrected chi connectivity index (χ4v) is 2.66. The molecule has 0 saturated carbocycles. The Kier molecular flexibility index (Phi) is 6.79. The molecule has 25 heavy (non-hydrogen) atoms. The van der Waals surface area contributed by atoms with Crippen LogP contribution in [0.1, 0.15) is 37.3 Å². The minimum Gasteiger partial charge on any atom is -0.506 e. The lowest BCUT2D eigenvalue weighted by atomic mass is 9.98. The van der Waals surface area contributed by atoms with E-state index in [4.69, 9.17) is 23.8 Å². The van der Waals surface area contributed by atoms with Crippen molar-refractivity contribution in [2.45, 2.75) is 32.6 Å². The Morgan fingerprint density at radius 3 is 2.56 bits per heavy atom. The molecule has 0 bridgehead atoms. The molecule has 0 fully saturated rings. The SMILES string of the molecule is CC[C@@H](C)c1ccc(O)c(NC(=S)NC(=O)Cc2ccc(Cl)cc2)c1. The second kappa shape index (κ2) is 8.83. The van der Waals surface area contributed by atoms with Gasteiger partial charge in [0.25, 0.3) is 0 Å². The van der Waals surface area contributed by atoms with Gasteiger partial charge in [-0.3, -0.25) is 4.79 Å². The molecule has 3 N–H and O–H groups in total. The number of carbonyl (C=O) groups is 1. The first-order valence-electron chi connectivity index (χ1n) is 8.07. The van der Waals surface area contributed by atoms with Gasteiger partial charge >= 0.3 is 0 Å². The fourth-order valence-electron chi connectivity index (χ4n) is 2.31. The van der Waals surface area contributed by atoms with Gasteiger partial charge in [0.15, 0.2) is 5.11 Å². The first kappa shape index (κ1) is 19.2. The van der Waals surface area contributed by atoms with E-state index in [0.29, 0.717) is 16.6 Å². The van der Waals surface area contributed by atoms with Crippen molar-refractivity contribution in [3.63, 3.8) is 0 Å². The molecule has 1 atom stereocenters. The highest BCUT2D eigenvalue weighted by molar-refractivity contribution is 7.80. The molecule has 6 heteroatoms. The maximum absolute atomic E-state index is 12.1. The average molecular weight is 377 g/mol. The van der Waals surface area contributed by atoms with Crippen molar-refractivity contribution < 1.29 is 9.90 Å². The summed E-state index contributed by atoms with van der Waals surface area (Å²) in [4.78, 5) is 12.1. The summed E-state index contributed by atoms with van der Waals surface area (Å²) < 4.78 is 0. The Hall–Kier alpha value is -2.11. The molecule has 0 radical (unpaired) electrons. The Morgan fingerprint density at radius 1 is 1.24 bits per heavy atom. The second-order valence-corrected chi connectivity index (χ2v) is 6.74. The third-order valence-electron chi connectivity index (χ3n) is 3.98. The van der Waals surface area contributed by atoms with E-state index in [1.165, 1.54) is 0 Å². The zero-order valence-corrected chi connectivity index (χ0v) is 15.7. The van der Waals surface area contributed by atoms with Gasteiger partial charge in [0.2, 0.25) is 5.91 Å². The highest BCUT2D eigenvalue weighted by Crippen LogP contribution is 2.29. The highest BCUT2D eigenvalue weighted by atomic mass is 35.5. The number of rotatable bonds is 5. The molecule has 2 rings (SSSR count). The van der Waals surface area contributed by atoms with Crippen LogP contribution in [0.5, 0.6) is 5.75 Å². The van der Waals surface area contributed by atoms with Crippen LogP contribution >= 0.6 is 23.8 Å². The number of phenolic OH excluding ortho intramolecular Hbond substituents is 1. The van der Waals surface area contributed by atoms with Gasteiger partial charge in [-0.05, 0) is 59.9 Å². The van der Waals surface area contributed by atoms with Crippen molar-refractivity contribution >= 4 is 40.5 Å². The summed E-state index contributed by atoms with van der Waals surface area (Å²) in [5, 5.41) is 16.3. The lowest BCUT2D eigenvalue weighted by Gasteiger charge is -2.14. The summed E-state index contributed by atoms with van der Waals surface area (Å²) in [6, 6.07) is 12.4. The van der Waals surface area contributed by atoms with E-state index in [2.05, 4.69) is 24.5 Å². The number of carbonyl (C=O) groups excluding carboxylic acids is 1. The molecular weight excluding hydrogens is 356 g/mol. The first-order valence-corrected chi connectivity index (χ1v) is 8.85. The number of nitrogens with one attached hydrogen (secondary N) is 2. The number of benzene rings is 2. The van der Waals surface area contributed by atoms with Crippen molar-refractivity contribution in [1.82, 2.24) is 5.32 Å². The molecule has 0 aliphatic carbocycles. The van der Waals surface area contributed by atoms with Crippen molar-refractivity contribution in [3.05, 3.63) is 58.6 Å². The summed E-state index contributed by atoms with van der Waals surface area (Å²) in [5.41, 5.74) is 2.42. The number of hydrogen-bond donors (Lipinski definition) is 3. The van der Waals surface area contributed by atoms with Gasteiger partial charge < -0.3 is 15.7 Å². The molecule has 0 aliphatic heterocycles. The molecular formula is C19H21ClN2O2S. The maximum atomic E-state index is 12.1. The van der Waals surface area contributed by atoms with E-state index in [-0.39, 0.29) is 23.2 Å². The van der Waals surface area contributed by atoms with Gasteiger partial charge in [0.05, 0.1) is 12.1 Å². The molecule has 0 saturated heterocycles. The molecule has 4 nitrogen and oxygen atoms in total. The summed E-state index contributed by atoms with van der Waals surface area (Å²) in [7, 11) is 0. The lowest BCUT2D eigenvalue weighted by Crippen LogP contribution is -2.35. The first-order chi connectivity index (χ1) is 11.9. The standard InChI is InChI=1S/C19H21ClN2O2S/c1-3-12(2)14-6-9-17(23)16(11-14)21-19(25)22-18(24)10-13-4-7-15(20)8-5-13/h4-9,11-12,23H,3,10H2,1-2H3,(H2,21,22,24,25)/t12-/m1/s1. The topological polar surface area (TPSA) is 61.4 Å². The quantitative estimate of drug-likeness (QED) is 0.526. The number of phenols is 1. The van der Waals surface area contributed by atoms with E-state index in [1.54, 1.807) is 30.3 Å². The molecule has 0 unspecified atom stereocenters. The van der Waals surface area contributed by atoms with Crippen LogP contribution in [-0.2, 0) is 11.2 Å². The minimum atomic E-state index is -0.239. The predicted octanol–water partition coefficient (Wildman–Crippen LogP) is 4.61. The largest absolute Gasteiger partial charge is 0.506 e. The van der Waals surface area contributed by atoms with E-state index in [9.17, 15) is 9.90 Å². The lowest BCUT2D eigenvalue weighted by molar-refractivity contribution is -0.119. The average Bonchev–Trinajstić information content (AvgIpc) is 2.58. The van der Waals surface area contributed by atoms with E-state index >= 15 is 0 Å². The van der Waals surface area contributed by atoms with Crippen molar-refractivity contribution in [2.75, 3.05) is 5.32 Å². The highest BCUT2D eigenvalue weighted by Gasteiger charge is 2.11. The van der Waals surface area contributed by atoms with Crippen LogP contribution < -0.4 is 10.6 Å². The molecule has 1 amide bonds. The van der Waals surface area contributed by atoms with E-state index in [0.717, 1.165) is 17.5 Å². The summed E-state index contributed by atoms with van der Waals surface area (Å²) >= 11 is 11.0. The number of anilines is 1. The van der Waals surface area contributed by atoms with Gasteiger partial charge in [-0.1, -0.05) is 43.6 Å². The Bertz CT molecular complexity index is 763. The smallest absolute Gasteiger partial charge is 0.230 e. The third-order valence-corrected chi connectivity index (χ3v) is 4.44. The second-order valence-electron chi connectivity index (χ2n) is 5.89. The fraction of sp³-hybridized carbons (Fsp3) is 0.263. The Labute approximate surface area is 158 Å². The number of thiocarbonyl (C=S) groups is 1. The summed E-state index contributed by atoms with van der Waals surface area (Å²) in [6.45, 7) is 4.22. The van der Waals surface area contributed by atoms with E-state index in [1.807, 2.05) is 12.1 Å². The van der Waals surface area contributed by atoms with Crippen LogP contribution in [0.3, 0.4) is 0 Å². The molecule has 0 aromatic heterocycles. The monoisotopic (exact) mass is 376 g/mol. The van der Waals surface area contributed by atoms with Crippen LogP contribution in [-0.4, -0.2) is 16.1 Å². The van der Waals surface area contributed by atoms with Gasteiger partial charge in [0.1, 0.15) is 5.75 Å². The van der Waals surface area contributed by atoms with Gasteiger partial charge in [-0.2, -0.15) is 0 Å². The van der Waals surface area contributed by atoms with Crippen LogP contribution in [0.2, 0.25) is 5.02 Å². The third kappa shape index (κ3) is 5.73. The van der Waals surface area contributed by atoms with Gasteiger partial charge in [-0.15, -0.1) is 0 Å². The minimum absolute atomic E-state index is 0.0846. The zero-order valence-electron chi connectivity index (χ0n) is 14.2. The number of hydrogen-bond acceptors (Lipinski definition) is 3. The van der Waals surface area contributed by atoms with E-state index < -0.39 is 0 Å². The summed E-state index contributed by atoms with van der Waals surface area (Å²) in [6.07, 6.45) is 1.18. The molecule has 0 heterocycles. The maximum Gasteiger partial charge on any atom is 0.230 e. The zero-order chi connectivity index (χ0) is 18.4. The molecule has 132 valence electrons. The molecule has 2 aromatic rings. The molecule has 0 spiro atoms. The Balaban J connectivity index is 1.97. The van der Waals surface area contributed by atoms with Crippen LogP contribution in [0.15, 0.2) is 42.5 Å². The van der Waals surface area contributed by atoms with Crippen LogP contribution in [0.4, 0.5) is 5.69 Å². The van der Waals surface area contributed by atoms with Crippen LogP contribution in [0.25, 0.3) is 0 Å². The molecule has 0 aliphatic rings. The Morgan fingerprint density at radius 2 is 1.92 bits per heavy atom. The number of aromatic hydroxyl groups is 1. The number of halogens is 1. The van der Waals surface area contributed by atoms with Crippen molar-refractivity contribution in [2.24, 2.45) is 0 Å². The van der Waals surface area contributed by atoms with Gasteiger partial charge in [0, 0.05) is 5.02 Å². The predicted molar refractivity (Wildman–Crippen MR) is 106 cm³/mol. The summed E-state index contributed by atoms with van der Waals surface area (Å²) in [5.74, 6) is 0.216. The van der Waals surface area contributed by atoms with Crippen LogP contribution in [0, 0.1) is 0 Å². The van der Waals surface area contributed by atoms with Gasteiger partial charge in [-0.25, -0.2) is 0 Å². The van der Waals surface area contributed by atoms with Crippen molar-refractivity contribution in [3.8, 4) is 5.75 Å².